The zero-order chi connectivity index (χ0) is 28.8. The highest BCUT2D eigenvalue weighted by Crippen LogP contribution is 2.17. The molecule has 0 aliphatic rings. The van der Waals surface area contributed by atoms with E-state index in [0.29, 0.717) is 0 Å². The smallest absolute Gasteiger partial charge is 0.0409 e. The van der Waals surface area contributed by atoms with E-state index >= 15 is 0 Å². The first-order valence-corrected chi connectivity index (χ1v) is 18.8. The van der Waals surface area contributed by atoms with Gasteiger partial charge in [-0.1, -0.05) is 188 Å². The lowest BCUT2D eigenvalue weighted by Crippen LogP contribution is -1.99. The highest BCUT2D eigenvalue weighted by Gasteiger charge is 2.04. The summed E-state index contributed by atoms with van der Waals surface area (Å²) in [6.45, 7) is 6.90. The number of unbranched alkanes of at least 4 members (excludes halogenated alkanes) is 26. The quantitative estimate of drug-likeness (QED) is 0.0830. The van der Waals surface area contributed by atoms with Gasteiger partial charge in [-0.25, -0.2) is 0 Å². The molecule has 1 aromatic heterocycles. The Morgan fingerprint density at radius 2 is 0.600 bits per heavy atom. The fraction of sp³-hybridized carbons (Fsp3) is 0.872. The maximum Gasteiger partial charge on any atom is 0.0409 e. The van der Waals surface area contributed by atoms with E-state index in [2.05, 4.69) is 32.9 Å². The number of hydrogen-bond donors (Lipinski definition) is 0. The van der Waals surface area contributed by atoms with Gasteiger partial charge < -0.3 is 0 Å². The molecule has 0 unspecified atom stereocenters. The van der Waals surface area contributed by atoms with Crippen molar-refractivity contribution in [2.24, 2.45) is 0 Å². The molecule has 1 rings (SSSR count). The topological polar surface area (TPSA) is 12.9 Å². The van der Waals surface area contributed by atoms with Gasteiger partial charge in [0.25, 0.3) is 0 Å². The summed E-state index contributed by atoms with van der Waals surface area (Å²) < 4.78 is 0. The van der Waals surface area contributed by atoms with Gasteiger partial charge in [0.05, 0.1) is 0 Å². The zero-order valence-corrected chi connectivity index (χ0v) is 28.0. The summed E-state index contributed by atoms with van der Waals surface area (Å²) in [5.41, 5.74) is 4.22. The third kappa shape index (κ3) is 23.8. The molecule has 0 saturated heterocycles. The molecule has 0 spiro atoms. The summed E-state index contributed by atoms with van der Waals surface area (Å²) in [6, 6.07) is 4.77. The van der Waals surface area contributed by atoms with Crippen molar-refractivity contribution in [2.75, 3.05) is 0 Å². The average molecular weight is 556 g/mol. The van der Waals surface area contributed by atoms with Crippen LogP contribution in [0, 0.1) is 0 Å². The van der Waals surface area contributed by atoms with Crippen molar-refractivity contribution in [1.82, 2.24) is 4.98 Å². The van der Waals surface area contributed by atoms with Gasteiger partial charge in [0.2, 0.25) is 0 Å². The summed E-state index contributed by atoms with van der Waals surface area (Å²) in [4.78, 5) is 5.08. The van der Waals surface area contributed by atoms with Gasteiger partial charge in [-0.15, -0.1) is 0 Å². The lowest BCUT2D eigenvalue weighted by atomic mass is 10.0. The molecule has 0 aliphatic carbocycles. The standard InChI is InChI=1S/C39H73N/c1-4-7-9-11-13-15-17-19-21-23-25-27-29-31-33-38-35-37(6-3)36-39(40-38)34-32-30-28-26-24-22-20-18-16-14-12-10-8-5-2/h35-36H,4-34H2,1-3H3. The predicted molar refractivity (Wildman–Crippen MR) is 182 cm³/mol. The van der Waals surface area contributed by atoms with Crippen molar-refractivity contribution in [3.8, 4) is 0 Å². The number of rotatable bonds is 31. The Hall–Kier alpha value is -0.850. The van der Waals surface area contributed by atoms with Crippen LogP contribution in [0.25, 0.3) is 0 Å². The molecule has 234 valence electrons. The van der Waals surface area contributed by atoms with Crippen LogP contribution in [0.4, 0.5) is 0 Å². The summed E-state index contributed by atoms with van der Waals surface area (Å²) in [7, 11) is 0. The van der Waals surface area contributed by atoms with Crippen molar-refractivity contribution < 1.29 is 0 Å². The molecule has 0 bridgehead atoms. The highest BCUT2D eigenvalue weighted by atomic mass is 14.7. The van der Waals surface area contributed by atoms with E-state index in [1.165, 1.54) is 210 Å². The fourth-order valence-corrected chi connectivity index (χ4v) is 6.18. The van der Waals surface area contributed by atoms with Gasteiger partial charge in [-0.3, -0.25) is 4.98 Å². The van der Waals surface area contributed by atoms with Crippen LogP contribution in [0.2, 0.25) is 0 Å². The minimum Gasteiger partial charge on any atom is -0.258 e. The van der Waals surface area contributed by atoms with Crippen molar-refractivity contribution >= 4 is 0 Å². The van der Waals surface area contributed by atoms with Crippen LogP contribution in [0.1, 0.15) is 218 Å². The van der Waals surface area contributed by atoms with Gasteiger partial charge in [0, 0.05) is 11.4 Å². The van der Waals surface area contributed by atoms with Crippen molar-refractivity contribution in [1.29, 1.82) is 0 Å². The van der Waals surface area contributed by atoms with E-state index in [0.717, 1.165) is 6.42 Å². The van der Waals surface area contributed by atoms with Gasteiger partial charge in [0.1, 0.15) is 0 Å². The Labute approximate surface area is 253 Å². The van der Waals surface area contributed by atoms with Crippen molar-refractivity contribution in [3.05, 3.63) is 29.1 Å². The Bertz CT molecular complexity index is 585. The molecule has 0 fully saturated rings. The number of nitrogens with zero attached hydrogens (tertiary/aromatic N) is 1. The van der Waals surface area contributed by atoms with E-state index in [1.54, 1.807) is 0 Å². The highest BCUT2D eigenvalue weighted by molar-refractivity contribution is 5.22. The maximum absolute atomic E-state index is 5.08. The molecule has 1 heterocycles. The summed E-state index contributed by atoms with van der Waals surface area (Å²) in [6.07, 6.45) is 43.5. The molecule has 0 radical (unpaired) electrons. The zero-order valence-electron chi connectivity index (χ0n) is 28.0. The van der Waals surface area contributed by atoms with Crippen molar-refractivity contribution in [3.63, 3.8) is 0 Å². The summed E-state index contributed by atoms with van der Waals surface area (Å²) >= 11 is 0. The van der Waals surface area contributed by atoms with Gasteiger partial charge in [0.15, 0.2) is 0 Å². The lowest BCUT2D eigenvalue weighted by molar-refractivity contribution is 0.534. The molecule has 0 atom stereocenters. The van der Waals surface area contributed by atoms with Crippen LogP contribution >= 0.6 is 0 Å². The van der Waals surface area contributed by atoms with E-state index in [-0.39, 0.29) is 0 Å². The minimum absolute atomic E-state index is 1.14. The largest absolute Gasteiger partial charge is 0.258 e. The van der Waals surface area contributed by atoms with E-state index in [4.69, 9.17) is 4.98 Å². The van der Waals surface area contributed by atoms with Crippen LogP contribution in [0.5, 0.6) is 0 Å². The SMILES string of the molecule is CCCCCCCCCCCCCCCCc1cc(CC)cc(CCCCCCCCCCCCCCCC)n1. The van der Waals surface area contributed by atoms with Gasteiger partial charge >= 0.3 is 0 Å². The molecule has 0 N–H and O–H groups in total. The van der Waals surface area contributed by atoms with Crippen LogP contribution in [0.3, 0.4) is 0 Å². The van der Waals surface area contributed by atoms with E-state index < -0.39 is 0 Å². The molecule has 0 aromatic carbocycles. The third-order valence-electron chi connectivity index (χ3n) is 8.97. The fourth-order valence-electron chi connectivity index (χ4n) is 6.18. The molecule has 0 aliphatic heterocycles. The second-order valence-corrected chi connectivity index (χ2v) is 13.0. The Kier molecular flexibility index (Phi) is 27.5. The number of aromatic nitrogens is 1. The van der Waals surface area contributed by atoms with Crippen LogP contribution in [-0.2, 0) is 19.3 Å². The maximum atomic E-state index is 5.08. The first kappa shape index (κ1) is 37.2. The monoisotopic (exact) mass is 556 g/mol. The average Bonchev–Trinajstić information content (AvgIpc) is 2.97. The van der Waals surface area contributed by atoms with Gasteiger partial charge in [-0.05, 0) is 49.8 Å². The van der Waals surface area contributed by atoms with Crippen LogP contribution in [-0.4, -0.2) is 4.98 Å². The molecule has 40 heavy (non-hydrogen) atoms. The number of hydrogen-bond acceptors (Lipinski definition) is 1. The van der Waals surface area contributed by atoms with Gasteiger partial charge in [-0.2, -0.15) is 0 Å². The first-order valence-electron chi connectivity index (χ1n) is 18.8. The molecule has 1 aromatic rings. The molecular formula is C39H73N. The molecule has 1 nitrogen and oxygen atoms in total. The lowest BCUT2D eigenvalue weighted by Gasteiger charge is -2.09. The summed E-state index contributed by atoms with van der Waals surface area (Å²) in [5, 5.41) is 0. The van der Waals surface area contributed by atoms with E-state index in [1.807, 2.05) is 0 Å². The summed E-state index contributed by atoms with van der Waals surface area (Å²) in [5.74, 6) is 0. The van der Waals surface area contributed by atoms with Crippen molar-refractivity contribution in [2.45, 2.75) is 220 Å². The second kappa shape index (κ2) is 29.6. The molecule has 0 saturated carbocycles. The van der Waals surface area contributed by atoms with Crippen LogP contribution in [0.15, 0.2) is 12.1 Å². The first-order chi connectivity index (χ1) is 19.8. The predicted octanol–water partition coefficient (Wildman–Crippen LogP) is 13.7. The minimum atomic E-state index is 1.14. The molecule has 1 heteroatoms. The molecular weight excluding hydrogens is 482 g/mol. The van der Waals surface area contributed by atoms with E-state index in [9.17, 15) is 0 Å². The number of pyridine rings is 1. The van der Waals surface area contributed by atoms with Crippen LogP contribution < -0.4 is 0 Å². The molecule has 0 amide bonds. The number of aryl methyl sites for hydroxylation is 3. The second-order valence-electron chi connectivity index (χ2n) is 13.0. The third-order valence-corrected chi connectivity index (χ3v) is 8.97. The normalized spacial score (nSPS) is 11.5. The Morgan fingerprint density at radius 3 is 0.850 bits per heavy atom. The Balaban J connectivity index is 2.01. The Morgan fingerprint density at radius 1 is 0.350 bits per heavy atom.